The highest BCUT2D eigenvalue weighted by atomic mass is 79.9. The largest absolute Gasteiger partial charge is 0.353 e. The van der Waals surface area contributed by atoms with Gasteiger partial charge >= 0.3 is 0 Å². The zero-order valence-corrected chi connectivity index (χ0v) is 18.5. The van der Waals surface area contributed by atoms with Crippen LogP contribution in [0.1, 0.15) is 47.4 Å². The van der Waals surface area contributed by atoms with E-state index in [0.29, 0.717) is 37.3 Å². The Bertz CT molecular complexity index is 848. The van der Waals surface area contributed by atoms with E-state index in [0.717, 1.165) is 23.1 Å². The first-order valence-electron chi connectivity index (χ1n) is 10.0. The topological polar surface area (TPSA) is 65.5 Å². The Kier molecular flexibility index (Phi) is 7.25. The van der Waals surface area contributed by atoms with E-state index in [-0.39, 0.29) is 17.9 Å². The molecule has 1 aliphatic heterocycles. The van der Waals surface area contributed by atoms with Crippen LogP contribution < -0.4 is 10.2 Å². The van der Waals surface area contributed by atoms with Gasteiger partial charge in [-0.3, -0.25) is 9.59 Å². The molecule has 7 heteroatoms. The molecule has 1 aromatic carbocycles. The zero-order valence-electron chi connectivity index (χ0n) is 16.9. The van der Waals surface area contributed by atoms with Gasteiger partial charge in [0.05, 0.1) is 11.1 Å². The normalized spacial score (nSPS) is 15.1. The molecule has 0 aliphatic carbocycles. The van der Waals surface area contributed by atoms with Crippen molar-refractivity contribution in [3.05, 3.63) is 58.2 Å². The fourth-order valence-electron chi connectivity index (χ4n) is 3.46. The number of amides is 2. The lowest BCUT2D eigenvalue weighted by atomic mass is 10.1. The third-order valence-corrected chi connectivity index (χ3v) is 5.80. The highest BCUT2D eigenvalue weighted by molar-refractivity contribution is 9.10. The number of halogens is 1. The molecule has 0 saturated carbocycles. The number of hydrogen-bond acceptors (Lipinski definition) is 4. The summed E-state index contributed by atoms with van der Waals surface area (Å²) in [6.07, 6.45) is 3.62. The minimum absolute atomic E-state index is 0.0401. The van der Waals surface area contributed by atoms with Crippen LogP contribution in [-0.4, -0.2) is 53.9 Å². The Balaban J connectivity index is 1.56. The number of carbonyl (C=O) groups is 2. The maximum absolute atomic E-state index is 12.7. The van der Waals surface area contributed by atoms with Crippen LogP contribution in [0.5, 0.6) is 0 Å². The van der Waals surface area contributed by atoms with Gasteiger partial charge < -0.3 is 15.1 Å². The summed E-state index contributed by atoms with van der Waals surface area (Å²) in [6, 6.07) is 11.3. The van der Waals surface area contributed by atoms with Gasteiger partial charge in [0.15, 0.2) is 0 Å². The number of benzene rings is 1. The summed E-state index contributed by atoms with van der Waals surface area (Å²) >= 11 is 3.45. The lowest BCUT2D eigenvalue weighted by Gasteiger charge is -2.35. The molecule has 1 aliphatic rings. The van der Waals surface area contributed by atoms with Crippen molar-refractivity contribution in [2.24, 2.45) is 0 Å². The maximum Gasteiger partial charge on any atom is 0.255 e. The fourth-order valence-corrected chi connectivity index (χ4v) is 3.92. The Morgan fingerprint density at radius 1 is 1.14 bits per heavy atom. The molecule has 2 heterocycles. The molecule has 1 aromatic heterocycles. The molecule has 154 valence electrons. The predicted molar refractivity (Wildman–Crippen MR) is 118 cm³/mol. The van der Waals surface area contributed by atoms with Crippen molar-refractivity contribution in [2.45, 2.75) is 32.7 Å². The van der Waals surface area contributed by atoms with Crippen LogP contribution >= 0.6 is 15.9 Å². The molecule has 29 heavy (non-hydrogen) atoms. The van der Waals surface area contributed by atoms with Crippen LogP contribution in [0.2, 0.25) is 0 Å². The van der Waals surface area contributed by atoms with Gasteiger partial charge in [0, 0.05) is 42.9 Å². The predicted octanol–water partition coefficient (Wildman–Crippen LogP) is 3.72. The van der Waals surface area contributed by atoms with Crippen LogP contribution in [0.25, 0.3) is 0 Å². The van der Waals surface area contributed by atoms with Gasteiger partial charge in [-0.25, -0.2) is 4.98 Å². The summed E-state index contributed by atoms with van der Waals surface area (Å²) in [5.41, 5.74) is 1.26. The van der Waals surface area contributed by atoms with E-state index in [4.69, 9.17) is 0 Å². The summed E-state index contributed by atoms with van der Waals surface area (Å²) in [5, 5.41) is 2.99. The first-order chi connectivity index (χ1) is 14.0. The first-order valence-corrected chi connectivity index (χ1v) is 10.8. The number of piperazine rings is 1. The van der Waals surface area contributed by atoms with Crippen molar-refractivity contribution in [1.29, 1.82) is 0 Å². The maximum atomic E-state index is 12.7. The minimum Gasteiger partial charge on any atom is -0.353 e. The SMILES string of the molecule is CCCC(C)NC(=O)c1ccc(N2CCN(C(=O)c3ccccc3Br)CC2)nc1. The monoisotopic (exact) mass is 458 g/mol. The van der Waals surface area contributed by atoms with Crippen LogP contribution in [0.15, 0.2) is 47.1 Å². The lowest BCUT2D eigenvalue weighted by molar-refractivity contribution is 0.0745. The quantitative estimate of drug-likeness (QED) is 0.715. The van der Waals surface area contributed by atoms with Crippen LogP contribution in [0, 0.1) is 0 Å². The summed E-state index contributed by atoms with van der Waals surface area (Å²) < 4.78 is 0.816. The average molecular weight is 459 g/mol. The Morgan fingerprint density at radius 3 is 2.48 bits per heavy atom. The first kappa shape index (κ1) is 21.3. The van der Waals surface area contributed by atoms with Crippen molar-refractivity contribution in [3.63, 3.8) is 0 Å². The number of nitrogens with zero attached hydrogens (tertiary/aromatic N) is 3. The molecule has 6 nitrogen and oxygen atoms in total. The zero-order chi connectivity index (χ0) is 20.8. The van der Waals surface area contributed by atoms with E-state index >= 15 is 0 Å². The van der Waals surface area contributed by atoms with Gasteiger partial charge in [-0.2, -0.15) is 0 Å². The van der Waals surface area contributed by atoms with Gasteiger partial charge in [0.2, 0.25) is 0 Å². The summed E-state index contributed by atoms with van der Waals surface area (Å²) in [5.74, 6) is 0.781. The summed E-state index contributed by atoms with van der Waals surface area (Å²) in [4.78, 5) is 33.5. The molecular formula is C22H27BrN4O2. The van der Waals surface area contributed by atoms with Crippen molar-refractivity contribution in [3.8, 4) is 0 Å². The molecule has 0 radical (unpaired) electrons. The average Bonchev–Trinajstić information content (AvgIpc) is 2.74. The molecule has 2 aromatic rings. The molecular weight excluding hydrogens is 432 g/mol. The van der Waals surface area contributed by atoms with Gasteiger partial charge in [0.1, 0.15) is 5.82 Å². The number of hydrogen-bond donors (Lipinski definition) is 1. The number of anilines is 1. The molecule has 1 fully saturated rings. The number of rotatable bonds is 6. The summed E-state index contributed by atoms with van der Waals surface area (Å²) in [7, 11) is 0. The minimum atomic E-state index is -0.0890. The molecule has 0 bridgehead atoms. The molecule has 2 amide bonds. The van der Waals surface area contributed by atoms with Crippen molar-refractivity contribution in [1.82, 2.24) is 15.2 Å². The van der Waals surface area contributed by atoms with Gasteiger partial charge in [0.25, 0.3) is 11.8 Å². The second kappa shape index (κ2) is 9.87. The van der Waals surface area contributed by atoms with Gasteiger partial charge in [-0.15, -0.1) is 0 Å². The van der Waals surface area contributed by atoms with Crippen molar-refractivity contribution >= 4 is 33.6 Å². The number of aromatic nitrogens is 1. The summed E-state index contributed by atoms with van der Waals surface area (Å²) in [6.45, 7) is 6.81. The number of pyridine rings is 1. The highest BCUT2D eigenvalue weighted by Crippen LogP contribution is 2.20. The van der Waals surface area contributed by atoms with Gasteiger partial charge in [-0.05, 0) is 53.5 Å². The lowest BCUT2D eigenvalue weighted by Crippen LogP contribution is -2.49. The number of carbonyl (C=O) groups excluding carboxylic acids is 2. The second-order valence-corrected chi connectivity index (χ2v) is 8.18. The van der Waals surface area contributed by atoms with Crippen LogP contribution in [-0.2, 0) is 0 Å². The van der Waals surface area contributed by atoms with E-state index < -0.39 is 0 Å². The standard InChI is InChI=1S/C22H27BrN4O2/c1-3-6-16(2)25-21(28)17-9-10-20(24-15-17)26-11-13-27(14-12-26)22(29)18-7-4-5-8-19(18)23/h4-5,7-10,15-16H,3,6,11-14H2,1-2H3,(H,25,28). The molecule has 1 N–H and O–H groups in total. The third kappa shape index (κ3) is 5.35. The van der Waals surface area contributed by atoms with E-state index in [1.807, 2.05) is 48.2 Å². The van der Waals surface area contributed by atoms with E-state index in [1.165, 1.54) is 0 Å². The van der Waals surface area contributed by atoms with E-state index in [1.54, 1.807) is 6.20 Å². The molecule has 1 saturated heterocycles. The molecule has 3 rings (SSSR count). The van der Waals surface area contributed by atoms with E-state index in [2.05, 4.69) is 38.1 Å². The van der Waals surface area contributed by atoms with E-state index in [9.17, 15) is 9.59 Å². The third-order valence-electron chi connectivity index (χ3n) is 5.10. The highest BCUT2D eigenvalue weighted by Gasteiger charge is 2.24. The molecule has 1 atom stereocenters. The smallest absolute Gasteiger partial charge is 0.255 e. The van der Waals surface area contributed by atoms with Crippen LogP contribution in [0.4, 0.5) is 5.82 Å². The van der Waals surface area contributed by atoms with Crippen molar-refractivity contribution in [2.75, 3.05) is 31.1 Å². The van der Waals surface area contributed by atoms with Crippen molar-refractivity contribution < 1.29 is 9.59 Å². The van der Waals surface area contributed by atoms with Crippen LogP contribution in [0.3, 0.4) is 0 Å². The molecule has 1 unspecified atom stereocenters. The molecule has 0 spiro atoms. The fraction of sp³-hybridized carbons (Fsp3) is 0.409. The Morgan fingerprint density at radius 2 is 1.86 bits per heavy atom. The Labute approximate surface area is 180 Å². The Hall–Kier alpha value is -2.41. The second-order valence-electron chi connectivity index (χ2n) is 7.33. The van der Waals surface area contributed by atoms with Gasteiger partial charge in [-0.1, -0.05) is 25.5 Å². The number of nitrogens with one attached hydrogen (secondary N) is 1.